The van der Waals surface area contributed by atoms with Gasteiger partial charge in [-0.2, -0.15) is 11.8 Å². The van der Waals surface area contributed by atoms with Crippen LogP contribution < -0.4 is 20.7 Å². The summed E-state index contributed by atoms with van der Waals surface area (Å²) in [6.07, 6.45) is 0. The zero-order chi connectivity index (χ0) is 23.6. The first kappa shape index (κ1) is 25.7. The van der Waals surface area contributed by atoms with E-state index in [-0.39, 0.29) is 29.1 Å². The molecule has 2 rings (SSSR count). The lowest BCUT2D eigenvalue weighted by atomic mass is 10.1. The smallest absolute Gasteiger partial charge is 0.239 e. The van der Waals surface area contributed by atoms with Crippen LogP contribution in [0.25, 0.3) is 0 Å². The van der Waals surface area contributed by atoms with Crippen molar-refractivity contribution >= 4 is 23.6 Å². The molecule has 0 aliphatic heterocycles. The fourth-order valence-electron chi connectivity index (χ4n) is 2.97. The van der Waals surface area contributed by atoms with Crippen LogP contribution in [0.4, 0.5) is 0 Å². The van der Waals surface area contributed by atoms with Crippen LogP contribution in [-0.4, -0.2) is 42.0 Å². The number of amides is 2. The Kier molecular flexibility index (Phi) is 10.1. The Balaban J connectivity index is 1.89. The molecule has 0 fully saturated rings. The Morgan fingerprint density at radius 2 is 1.66 bits per heavy atom. The Morgan fingerprint density at radius 3 is 2.25 bits per heavy atom. The molecule has 174 valence electrons. The highest BCUT2D eigenvalue weighted by molar-refractivity contribution is 8.00. The number of rotatable bonds is 11. The van der Waals surface area contributed by atoms with Crippen molar-refractivity contribution in [2.45, 2.75) is 51.1 Å². The predicted octanol–water partition coefficient (Wildman–Crippen LogP) is 3.68. The van der Waals surface area contributed by atoms with Crippen molar-refractivity contribution in [3.63, 3.8) is 0 Å². The molecule has 0 spiro atoms. The lowest BCUT2D eigenvalue weighted by Crippen LogP contribution is -2.47. The van der Waals surface area contributed by atoms with E-state index < -0.39 is 6.04 Å². The van der Waals surface area contributed by atoms with E-state index in [0.717, 1.165) is 22.6 Å². The maximum absolute atomic E-state index is 12.6. The van der Waals surface area contributed by atoms with Gasteiger partial charge < -0.3 is 15.4 Å². The van der Waals surface area contributed by atoms with Crippen LogP contribution in [0.15, 0.2) is 54.6 Å². The number of carbonyl (C=O) groups is 2. The lowest BCUT2D eigenvalue weighted by molar-refractivity contribution is -0.127. The summed E-state index contributed by atoms with van der Waals surface area (Å²) in [7, 11) is 1.64. The van der Waals surface area contributed by atoms with Gasteiger partial charge in [0.15, 0.2) is 0 Å². The number of carbonyl (C=O) groups excluding carboxylic acids is 2. The quantitative estimate of drug-likeness (QED) is 0.480. The van der Waals surface area contributed by atoms with E-state index >= 15 is 0 Å². The van der Waals surface area contributed by atoms with E-state index in [2.05, 4.69) is 36.7 Å². The highest BCUT2D eigenvalue weighted by Crippen LogP contribution is 2.29. The molecule has 0 heterocycles. The molecule has 2 amide bonds. The second-order valence-corrected chi connectivity index (χ2v) is 10.5. The summed E-state index contributed by atoms with van der Waals surface area (Å²) in [6, 6.07) is 17.1. The van der Waals surface area contributed by atoms with Crippen molar-refractivity contribution in [3.8, 4) is 5.75 Å². The Hall–Kier alpha value is -2.51. The van der Waals surface area contributed by atoms with Crippen molar-refractivity contribution in [2.75, 3.05) is 19.4 Å². The molecule has 2 aromatic rings. The molecule has 7 heteroatoms. The lowest BCUT2D eigenvalue weighted by Gasteiger charge is -2.27. The van der Waals surface area contributed by atoms with Crippen molar-refractivity contribution in [2.24, 2.45) is 0 Å². The zero-order valence-electron chi connectivity index (χ0n) is 19.6. The van der Waals surface area contributed by atoms with Crippen molar-refractivity contribution in [1.29, 1.82) is 0 Å². The molecule has 32 heavy (non-hydrogen) atoms. The van der Waals surface area contributed by atoms with Crippen LogP contribution in [-0.2, 0) is 16.1 Å². The van der Waals surface area contributed by atoms with Gasteiger partial charge in [-0.3, -0.25) is 14.9 Å². The monoisotopic (exact) mass is 457 g/mol. The fraction of sp³-hybridized carbons (Fsp3) is 0.440. The SMILES string of the molecule is COc1ccc(C(CSC(C)(C)C)NC(C)C(=O)NCC(=O)NCc2ccccc2)cc1. The van der Waals surface area contributed by atoms with Gasteiger partial charge in [-0.1, -0.05) is 63.2 Å². The summed E-state index contributed by atoms with van der Waals surface area (Å²) in [4.78, 5) is 24.7. The molecule has 3 N–H and O–H groups in total. The molecule has 2 aromatic carbocycles. The molecule has 6 nitrogen and oxygen atoms in total. The summed E-state index contributed by atoms with van der Waals surface area (Å²) < 4.78 is 5.36. The van der Waals surface area contributed by atoms with Crippen molar-refractivity contribution < 1.29 is 14.3 Å². The minimum atomic E-state index is -0.454. The Labute approximate surface area is 195 Å². The molecule has 0 saturated carbocycles. The largest absolute Gasteiger partial charge is 0.497 e. The third-order valence-electron chi connectivity index (χ3n) is 4.80. The van der Waals surface area contributed by atoms with Crippen LogP contribution in [0.3, 0.4) is 0 Å². The topological polar surface area (TPSA) is 79.5 Å². The number of hydrogen-bond donors (Lipinski definition) is 3. The maximum Gasteiger partial charge on any atom is 0.239 e. The van der Waals surface area contributed by atoms with Crippen LogP contribution in [0.2, 0.25) is 0 Å². The second kappa shape index (κ2) is 12.5. The highest BCUT2D eigenvalue weighted by Gasteiger charge is 2.22. The standard InChI is InChI=1S/C25H35N3O3S/c1-18(24(30)27-16-23(29)26-15-19-9-7-6-8-10-19)28-22(17-32-25(2,3)4)20-11-13-21(31-5)14-12-20/h6-14,18,22,28H,15-17H2,1-5H3,(H,26,29)(H,27,30). The van der Waals surface area contributed by atoms with Gasteiger partial charge in [0.1, 0.15) is 5.75 Å². The molecule has 0 saturated heterocycles. The fourth-order valence-corrected chi connectivity index (χ4v) is 3.92. The molecule has 0 aliphatic carbocycles. The van der Waals surface area contributed by atoms with Crippen LogP contribution in [0, 0.1) is 0 Å². The molecule has 0 aromatic heterocycles. The highest BCUT2D eigenvalue weighted by atomic mass is 32.2. The van der Waals surface area contributed by atoms with E-state index in [1.54, 1.807) is 7.11 Å². The summed E-state index contributed by atoms with van der Waals surface area (Å²) in [6.45, 7) is 8.72. The molecule has 2 unspecified atom stereocenters. The van der Waals surface area contributed by atoms with Gasteiger partial charge in [-0.25, -0.2) is 0 Å². The number of benzene rings is 2. The normalized spacial score (nSPS) is 13.2. The van der Waals surface area contributed by atoms with Crippen molar-refractivity contribution in [1.82, 2.24) is 16.0 Å². The third-order valence-corrected chi connectivity index (χ3v) is 6.17. The molecular weight excluding hydrogens is 422 g/mol. The van der Waals surface area contributed by atoms with Gasteiger partial charge >= 0.3 is 0 Å². The van der Waals surface area contributed by atoms with Crippen LogP contribution >= 0.6 is 11.8 Å². The van der Waals surface area contributed by atoms with Gasteiger partial charge in [0.05, 0.1) is 19.7 Å². The minimum absolute atomic E-state index is 0.0159. The Bertz CT molecular complexity index is 851. The summed E-state index contributed by atoms with van der Waals surface area (Å²) in [5.41, 5.74) is 2.10. The van der Waals surface area contributed by atoms with Gasteiger partial charge in [-0.15, -0.1) is 0 Å². The number of hydrogen-bond acceptors (Lipinski definition) is 5. The predicted molar refractivity (Wildman–Crippen MR) is 132 cm³/mol. The van der Waals surface area contributed by atoms with E-state index in [9.17, 15) is 9.59 Å². The molecule has 0 aliphatic rings. The number of nitrogens with one attached hydrogen (secondary N) is 3. The second-order valence-electron chi connectivity index (χ2n) is 8.62. The maximum atomic E-state index is 12.6. The molecule has 2 atom stereocenters. The van der Waals surface area contributed by atoms with Crippen molar-refractivity contribution in [3.05, 3.63) is 65.7 Å². The van der Waals surface area contributed by atoms with Gasteiger partial charge in [0, 0.05) is 23.1 Å². The number of methoxy groups -OCH3 is 1. The van der Waals surface area contributed by atoms with Crippen LogP contribution in [0.5, 0.6) is 5.75 Å². The molecule has 0 radical (unpaired) electrons. The third kappa shape index (κ3) is 9.32. The molecule has 0 bridgehead atoms. The number of ether oxygens (including phenoxy) is 1. The van der Waals surface area contributed by atoms with E-state index in [4.69, 9.17) is 4.74 Å². The average Bonchev–Trinajstić information content (AvgIpc) is 2.78. The van der Waals surface area contributed by atoms with Gasteiger partial charge in [0.2, 0.25) is 11.8 Å². The van der Waals surface area contributed by atoms with Gasteiger partial charge in [0.25, 0.3) is 0 Å². The van der Waals surface area contributed by atoms with E-state index in [1.165, 1.54) is 0 Å². The molecular formula is C25H35N3O3S. The summed E-state index contributed by atoms with van der Waals surface area (Å²) in [5, 5.41) is 8.96. The first-order valence-corrected chi connectivity index (χ1v) is 11.8. The first-order chi connectivity index (χ1) is 15.2. The first-order valence-electron chi connectivity index (χ1n) is 10.8. The van der Waals surface area contributed by atoms with E-state index in [0.29, 0.717) is 6.54 Å². The van der Waals surface area contributed by atoms with Gasteiger partial charge in [-0.05, 0) is 30.2 Å². The number of thioether (sulfide) groups is 1. The van der Waals surface area contributed by atoms with Crippen LogP contribution in [0.1, 0.15) is 44.9 Å². The average molecular weight is 458 g/mol. The Morgan fingerprint density at radius 1 is 1.00 bits per heavy atom. The summed E-state index contributed by atoms with van der Waals surface area (Å²) in [5.74, 6) is 1.18. The minimum Gasteiger partial charge on any atom is -0.497 e. The van der Waals surface area contributed by atoms with E-state index in [1.807, 2.05) is 73.3 Å². The summed E-state index contributed by atoms with van der Waals surface area (Å²) >= 11 is 1.83. The zero-order valence-corrected chi connectivity index (χ0v) is 20.4.